The Bertz CT molecular complexity index is 976. The van der Waals surface area contributed by atoms with Crippen LogP contribution in [0.4, 0.5) is 0 Å². The normalized spacial score (nSPS) is 10.7. The largest absolute Gasteiger partial charge is 0.294 e. The molecule has 0 spiro atoms. The fraction of sp³-hybridized carbons (Fsp3) is 0.0769. The maximum atomic E-state index is 12.3. The second-order valence-corrected chi connectivity index (χ2v) is 4.12. The summed E-state index contributed by atoms with van der Waals surface area (Å²) in [5, 5.41) is 9.17. The molecule has 0 atom stereocenters. The van der Waals surface area contributed by atoms with Crippen molar-refractivity contribution in [1.82, 2.24) is 14.0 Å². The Morgan fingerprint density at radius 2 is 2.05 bits per heavy atom. The van der Waals surface area contributed by atoms with Gasteiger partial charge in [-0.2, -0.15) is 5.26 Å². The standard InChI is InChI=1S/C13H8N4O2/c1-16-11-9(6-8(7-14)12(16)18)13(19)17-5-3-2-4-10(17)15-11/h2-6H,1H3. The van der Waals surface area contributed by atoms with Gasteiger partial charge in [0.15, 0.2) is 5.65 Å². The molecule has 0 saturated heterocycles. The lowest BCUT2D eigenvalue weighted by Crippen LogP contribution is -2.25. The number of hydrogen-bond acceptors (Lipinski definition) is 4. The van der Waals surface area contributed by atoms with E-state index in [9.17, 15) is 9.59 Å². The van der Waals surface area contributed by atoms with Crippen LogP contribution in [0.3, 0.4) is 0 Å². The molecule has 0 aromatic carbocycles. The van der Waals surface area contributed by atoms with Crippen LogP contribution in [0.2, 0.25) is 0 Å². The van der Waals surface area contributed by atoms with Crippen molar-refractivity contribution in [2.75, 3.05) is 0 Å². The van der Waals surface area contributed by atoms with Gasteiger partial charge in [0.2, 0.25) is 0 Å². The third-order valence-electron chi connectivity index (χ3n) is 3.01. The quantitative estimate of drug-likeness (QED) is 0.543. The molecule has 0 amide bonds. The van der Waals surface area contributed by atoms with Gasteiger partial charge in [-0.3, -0.25) is 18.6 Å². The zero-order valence-corrected chi connectivity index (χ0v) is 9.99. The number of aryl methyl sites for hydroxylation is 1. The first-order valence-electron chi connectivity index (χ1n) is 5.54. The van der Waals surface area contributed by atoms with E-state index in [0.29, 0.717) is 5.65 Å². The van der Waals surface area contributed by atoms with Crippen LogP contribution in [0.15, 0.2) is 40.1 Å². The molecule has 19 heavy (non-hydrogen) atoms. The molecule has 3 heterocycles. The number of pyridine rings is 2. The van der Waals surface area contributed by atoms with Crippen molar-refractivity contribution < 1.29 is 0 Å². The first kappa shape index (κ1) is 11.2. The van der Waals surface area contributed by atoms with Crippen LogP contribution < -0.4 is 11.1 Å². The average Bonchev–Trinajstić information content (AvgIpc) is 2.44. The zero-order valence-electron chi connectivity index (χ0n) is 9.99. The van der Waals surface area contributed by atoms with Gasteiger partial charge in [-0.1, -0.05) is 6.07 Å². The second kappa shape index (κ2) is 3.78. The van der Waals surface area contributed by atoms with Crippen molar-refractivity contribution in [3.63, 3.8) is 0 Å². The topological polar surface area (TPSA) is 80.2 Å². The lowest BCUT2D eigenvalue weighted by molar-refractivity contribution is 0.877. The summed E-state index contributed by atoms with van der Waals surface area (Å²) in [6.07, 6.45) is 1.60. The predicted octanol–water partition coefficient (Wildman–Crippen LogP) is 0.418. The van der Waals surface area contributed by atoms with Gasteiger partial charge in [0.25, 0.3) is 11.1 Å². The molecule has 3 rings (SSSR count). The van der Waals surface area contributed by atoms with Crippen molar-refractivity contribution in [3.8, 4) is 6.07 Å². The summed E-state index contributed by atoms with van der Waals surface area (Å²) >= 11 is 0. The minimum Gasteiger partial charge on any atom is -0.294 e. The number of hydrogen-bond donors (Lipinski definition) is 0. The van der Waals surface area contributed by atoms with Crippen molar-refractivity contribution in [1.29, 1.82) is 5.26 Å². The zero-order chi connectivity index (χ0) is 13.6. The summed E-state index contributed by atoms with van der Waals surface area (Å²) in [4.78, 5) is 28.5. The Balaban J connectivity index is 2.68. The van der Waals surface area contributed by atoms with Gasteiger partial charge in [-0.25, -0.2) is 4.98 Å². The molecular weight excluding hydrogens is 244 g/mol. The number of nitriles is 1. The van der Waals surface area contributed by atoms with Crippen LogP contribution >= 0.6 is 0 Å². The summed E-state index contributed by atoms with van der Waals surface area (Å²) in [5.74, 6) is 0. The Kier molecular flexibility index (Phi) is 2.22. The minimum atomic E-state index is -0.456. The van der Waals surface area contributed by atoms with Crippen LogP contribution in [-0.4, -0.2) is 14.0 Å². The third kappa shape index (κ3) is 1.45. The van der Waals surface area contributed by atoms with Gasteiger partial charge in [0.1, 0.15) is 17.3 Å². The Hall–Kier alpha value is -2.94. The molecule has 0 saturated carbocycles. The molecule has 0 aliphatic rings. The minimum absolute atomic E-state index is 0.0650. The number of fused-ring (bicyclic) bond motifs is 2. The molecule has 0 bridgehead atoms. The highest BCUT2D eigenvalue weighted by atomic mass is 16.1. The summed E-state index contributed by atoms with van der Waals surface area (Å²) < 4.78 is 2.61. The van der Waals surface area contributed by atoms with Gasteiger partial charge in [0, 0.05) is 13.2 Å². The number of aromatic nitrogens is 3. The molecule has 0 aliphatic carbocycles. The van der Waals surface area contributed by atoms with Crippen LogP contribution in [0.5, 0.6) is 0 Å². The van der Waals surface area contributed by atoms with Gasteiger partial charge >= 0.3 is 0 Å². The van der Waals surface area contributed by atoms with E-state index >= 15 is 0 Å². The first-order valence-corrected chi connectivity index (χ1v) is 5.54. The highest BCUT2D eigenvalue weighted by Gasteiger charge is 2.12. The van der Waals surface area contributed by atoms with Gasteiger partial charge in [-0.15, -0.1) is 0 Å². The summed E-state index contributed by atoms with van der Waals surface area (Å²) in [5.41, 5.74) is -0.0837. The summed E-state index contributed by atoms with van der Waals surface area (Å²) in [6.45, 7) is 0. The first-order chi connectivity index (χ1) is 9.13. The third-order valence-corrected chi connectivity index (χ3v) is 3.01. The molecule has 3 aromatic rings. The van der Waals surface area contributed by atoms with E-state index in [0.717, 1.165) is 0 Å². The summed E-state index contributed by atoms with van der Waals surface area (Å²) in [7, 11) is 1.50. The van der Waals surface area contributed by atoms with E-state index in [-0.39, 0.29) is 22.2 Å². The lowest BCUT2D eigenvalue weighted by Gasteiger charge is -2.06. The van der Waals surface area contributed by atoms with Crippen LogP contribution in [-0.2, 0) is 7.05 Å². The molecule has 92 valence electrons. The maximum Gasteiger partial charge on any atom is 0.269 e. The van der Waals surface area contributed by atoms with Crippen molar-refractivity contribution in [2.45, 2.75) is 0 Å². The van der Waals surface area contributed by atoms with Crippen LogP contribution in [0, 0.1) is 11.3 Å². The van der Waals surface area contributed by atoms with Crippen LogP contribution in [0.25, 0.3) is 16.7 Å². The number of rotatable bonds is 0. The predicted molar refractivity (Wildman–Crippen MR) is 68.9 cm³/mol. The van der Waals surface area contributed by atoms with E-state index in [1.54, 1.807) is 30.5 Å². The van der Waals surface area contributed by atoms with Crippen molar-refractivity contribution >= 4 is 16.7 Å². The fourth-order valence-electron chi connectivity index (χ4n) is 2.04. The SMILES string of the molecule is Cn1c(=O)c(C#N)cc2c(=O)n3ccccc3nc21. The fourth-order valence-corrected chi connectivity index (χ4v) is 2.04. The van der Waals surface area contributed by atoms with Crippen molar-refractivity contribution in [3.05, 3.63) is 56.7 Å². The van der Waals surface area contributed by atoms with Gasteiger partial charge < -0.3 is 0 Å². The van der Waals surface area contributed by atoms with E-state index < -0.39 is 5.56 Å². The average molecular weight is 252 g/mol. The van der Waals surface area contributed by atoms with Gasteiger partial charge in [-0.05, 0) is 18.2 Å². The van der Waals surface area contributed by atoms with Gasteiger partial charge in [0.05, 0.1) is 5.39 Å². The second-order valence-electron chi connectivity index (χ2n) is 4.12. The molecule has 0 N–H and O–H groups in total. The van der Waals surface area contributed by atoms with E-state index in [1.807, 2.05) is 0 Å². The molecule has 3 aromatic heterocycles. The Labute approximate surface area is 106 Å². The van der Waals surface area contributed by atoms with Crippen LogP contribution in [0.1, 0.15) is 5.56 Å². The summed E-state index contributed by atoms with van der Waals surface area (Å²) in [6, 6.07) is 8.25. The van der Waals surface area contributed by atoms with E-state index in [4.69, 9.17) is 5.26 Å². The van der Waals surface area contributed by atoms with E-state index in [2.05, 4.69) is 4.98 Å². The molecule has 6 heteroatoms. The molecule has 0 fully saturated rings. The Morgan fingerprint density at radius 1 is 1.26 bits per heavy atom. The molecule has 0 radical (unpaired) electrons. The van der Waals surface area contributed by atoms with Crippen molar-refractivity contribution in [2.24, 2.45) is 7.05 Å². The van der Waals surface area contributed by atoms with E-state index in [1.165, 1.54) is 22.1 Å². The Morgan fingerprint density at radius 3 is 2.79 bits per heavy atom. The monoisotopic (exact) mass is 252 g/mol. The molecular formula is C13H8N4O2. The smallest absolute Gasteiger partial charge is 0.269 e. The molecule has 0 aliphatic heterocycles. The highest BCUT2D eigenvalue weighted by molar-refractivity contribution is 5.77. The lowest BCUT2D eigenvalue weighted by atomic mass is 10.2. The molecule has 0 unspecified atom stereocenters. The number of nitrogens with zero attached hydrogens (tertiary/aromatic N) is 4. The molecule has 6 nitrogen and oxygen atoms in total. The highest BCUT2D eigenvalue weighted by Crippen LogP contribution is 2.08. The maximum absolute atomic E-state index is 12.3.